The minimum atomic E-state index is -0.277. The van der Waals surface area contributed by atoms with Gasteiger partial charge in [-0.25, -0.2) is 0 Å². The molecule has 1 heterocycles. The molecule has 0 N–H and O–H groups in total. The summed E-state index contributed by atoms with van der Waals surface area (Å²) in [4.78, 5) is 15.6. The molecule has 0 unspecified atom stereocenters. The molecular formula is C17H13NO2. The Morgan fingerprint density at radius 3 is 2.25 bits per heavy atom. The van der Waals surface area contributed by atoms with Gasteiger partial charge in [-0.3, -0.25) is 4.79 Å². The van der Waals surface area contributed by atoms with Gasteiger partial charge >= 0.3 is 0 Å². The first-order valence-corrected chi connectivity index (χ1v) is 6.42. The summed E-state index contributed by atoms with van der Waals surface area (Å²) in [6.45, 7) is 0. The van der Waals surface area contributed by atoms with Crippen LogP contribution in [0.25, 0.3) is 11.3 Å². The fraction of sp³-hybridized carbons (Fsp3) is 0.0588. The Morgan fingerprint density at radius 2 is 1.55 bits per heavy atom. The number of hydrogen-bond acceptors (Lipinski definition) is 3. The molecule has 0 bridgehead atoms. The molecule has 0 fully saturated rings. The van der Waals surface area contributed by atoms with Gasteiger partial charge < -0.3 is 4.42 Å². The minimum Gasteiger partial charge on any atom is -0.442 e. The molecule has 1 aromatic heterocycles. The number of aromatic nitrogens is 1. The van der Waals surface area contributed by atoms with Gasteiger partial charge in [0, 0.05) is 18.1 Å². The summed E-state index contributed by atoms with van der Waals surface area (Å²) in [6, 6.07) is 20.8. The molecule has 3 aromatic rings. The van der Waals surface area contributed by atoms with Crippen molar-refractivity contribution in [1.29, 1.82) is 0 Å². The monoisotopic (exact) mass is 263 g/mol. The van der Waals surface area contributed by atoms with Crippen molar-refractivity contribution in [3.05, 3.63) is 88.5 Å². The lowest BCUT2D eigenvalue weighted by molar-refractivity contribution is 0.486. The summed E-state index contributed by atoms with van der Waals surface area (Å²) in [6.07, 6.45) is 0.511. The fourth-order valence-electron chi connectivity index (χ4n) is 2.04. The largest absolute Gasteiger partial charge is 0.442 e. The zero-order valence-electron chi connectivity index (χ0n) is 10.8. The molecule has 0 saturated carbocycles. The Balaban J connectivity index is 1.97. The quantitative estimate of drug-likeness (QED) is 0.728. The maximum Gasteiger partial charge on any atom is 0.276 e. The second-order valence-electron chi connectivity index (χ2n) is 4.48. The van der Waals surface area contributed by atoms with E-state index < -0.39 is 0 Å². The Kier molecular flexibility index (Phi) is 3.42. The number of benzene rings is 2. The average molecular weight is 263 g/mol. The first-order chi connectivity index (χ1) is 9.81. The van der Waals surface area contributed by atoms with Crippen molar-refractivity contribution in [2.24, 2.45) is 0 Å². The van der Waals surface area contributed by atoms with E-state index >= 15 is 0 Å². The molecule has 0 aliphatic heterocycles. The standard InChI is InChI=1S/C17H13NO2/c19-16-12-15(14-9-5-2-6-10-14)20-17(18-16)11-13-7-3-1-4-8-13/h1-10,12H,11H2. The predicted molar refractivity (Wildman–Crippen MR) is 77.5 cm³/mol. The highest BCUT2D eigenvalue weighted by Crippen LogP contribution is 2.18. The Hall–Kier alpha value is -2.68. The lowest BCUT2D eigenvalue weighted by Gasteiger charge is -2.04. The zero-order valence-corrected chi connectivity index (χ0v) is 10.8. The maximum atomic E-state index is 11.7. The summed E-state index contributed by atoms with van der Waals surface area (Å²) in [5.41, 5.74) is 1.66. The van der Waals surface area contributed by atoms with Crippen LogP contribution in [0.2, 0.25) is 0 Å². The number of hydrogen-bond donors (Lipinski definition) is 0. The van der Waals surface area contributed by atoms with Gasteiger partial charge in [0.15, 0.2) is 0 Å². The highest BCUT2D eigenvalue weighted by molar-refractivity contribution is 5.56. The predicted octanol–water partition coefficient (Wildman–Crippen LogP) is 3.29. The van der Waals surface area contributed by atoms with E-state index in [1.54, 1.807) is 0 Å². The molecule has 0 radical (unpaired) electrons. The lowest BCUT2D eigenvalue weighted by Crippen LogP contribution is -2.08. The van der Waals surface area contributed by atoms with Crippen LogP contribution >= 0.6 is 0 Å². The van der Waals surface area contributed by atoms with Crippen LogP contribution in [-0.2, 0) is 6.42 Å². The van der Waals surface area contributed by atoms with E-state index in [0.29, 0.717) is 18.1 Å². The van der Waals surface area contributed by atoms with Gasteiger partial charge in [-0.15, -0.1) is 0 Å². The van der Waals surface area contributed by atoms with Crippen LogP contribution < -0.4 is 5.56 Å². The van der Waals surface area contributed by atoms with Gasteiger partial charge in [-0.1, -0.05) is 60.7 Å². The summed E-state index contributed by atoms with van der Waals surface area (Å²) in [5, 5.41) is 0. The van der Waals surface area contributed by atoms with Gasteiger partial charge in [0.2, 0.25) is 5.89 Å². The summed E-state index contributed by atoms with van der Waals surface area (Å²) >= 11 is 0. The van der Waals surface area contributed by atoms with Crippen LogP contribution in [0, 0.1) is 0 Å². The van der Waals surface area contributed by atoms with E-state index in [2.05, 4.69) is 4.98 Å². The summed E-state index contributed by atoms with van der Waals surface area (Å²) in [7, 11) is 0. The van der Waals surface area contributed by atoms with Crippen molar-refractivity contribution < 1.29 is 4.42 Å². The third-order valence-electron chi connectivity index (χ3n) is 2.97. The van der Waals surface area contributed by atoms with Crippen LogP contribution in [0.15, 0.2) is 75.9 Å². The molecule has 3 rings (SSSR count). The molecule has 98 valence electrons. The molecule has 0 atom stereocenters. The molecule has 0 saturated heterocycles. The highest BCUT2D eigenvalue weighted by atomic mass is 16.3. The lowest BCUT2D eigenvalue weighted by atomic mass is 10.1. The number of nitrogens with zero attached hydrogens (tertiary/aromatic N) is 1. The topological polar surface area (TPSA) is 43.1 Å². The summed E-state index contributed by atoms with van der Waals surface area (Å²) in [5.74, 6) is 0.985. The van der Waals surface area contributed by atoms with E-state index in [-0.39, 0.29) is 5.56 Å². The van der Waals surface area contributed by atoms with Crippen molar-refractivity contribution in [2.45, 2.75) is 6.42 Å². The Labute approximate surface area is 116 Å². The molecule has 0 aliphatic carbocycles. The number of rotatable bonds is 3. The van der Waals surface area contributed by atoms with E-state index in [9.17, 15) is 4.79 Å². The van der Waals surface area contributed by atoms with Gasteiger partial charge in [0.1, 0.15) is 5.76 Å². The molecular weight excluding hydrogens is 250 g/mol. The molecule has 20 heavy (non-hydrogen) atoms. The first kappa shape index (κ1) is 12.4. The Morgan fingerprint density at radius 1 is 0.900 bits per heavy atom. The van der Waals surface area contributed by atoms with Crippen LogP contribution in [0.1, 0.15) is 11.5 Å². The van der Waals surface area contributed by atoms with Crippen LogP contribution in [0.3, 0.4) is 0 Å². The average Bonchev–Trinajstić information content (AvgIpc) is 2.49. The maximum absolute atomic E-state index is 11.7. The highest BCUT2D eigenvalue weighted by Gasteiger charge is 2.06. The van der Waals surface area contributed by atoms with Crippen molar-refractivity contribution in [1.82, 2.24) is 4.98 Å². The smallest absolute Gasteiger partial charge is 0.276 e. The van der Waals surface area contributed by atoms with E-state index in [0.717, 1.165) is 11.1 Å². The van der Waals surface area contributed by atoms with Crippen LogP contribution in [0.4, 0.5) is 0 Å². The molecule has 0 spiro atoms. The Bertz CT molecular complexity index is 749. The molecule has 3 heteroatoms. The summed E-state index contributed by atoms with van der Waals surface area (Å²) < 4.78 is 5.74. The normalized spacial score (nSPS) is 10.4. The van der Waals surface area contributed by atoms with E-state index in [4.69, 9.17) is 4.42 Å². The van der Waals surface area contributed by atoms with Gasteiger partial charge in [0.05, 0.1) is 0 Å². The van der Waals surface area contributed by atoms with Crippen LogP contribution in [-0.4, -0.2) is 4.98 Å². The molecule has 0 aliphatic rings. The minimum absolute atomic E-state index is 0.277. The molecule has 0 amide bonds. The van der Waals surface area contributed by atoms with E-state index in [1.807, 2.05) is 60.7 Å². The second-order valence-corrected chi connectivity index (χ2v) is 4.48. The van der Waals surface area contributed by atoms with Crippen molar-refractivity contribution in [3.63, 3.8) is 0 Å². The van der Waals surface area contributed by atoms with Crippen molar-refractivity contribution >= 4 is 0 Å². The fourth-order valence-corrected chi connectivity index (χ4v) is 2.04. The second kappa shape index (κ2) is 5.53. The van der Waals surface area contributed by atoms with Crippen molar-refractivity contribution in [3.8, 4) is 11.3 Å². The van der Waals surface area contributed by atoms with Gasteiger partial charge in [-0.2, -0.15) is 4.98 Å². The van der Waals surface area contributed by atoms with Crippen LogP contribution in [0.5, 0.6) is 0 Å². The third kappa shape index (κ3) is 2.83. The molecule has 2 aromatic carbocycles. The zero-order chi connectivity index (χ0) is 13.8. The SMILES string of the molecule is O=c1cc(-c2ccccc2)oc(Cc2ccccc2)n1. The van der Waals surface area contributed by atoms with Gasteiger partial charge in [0.25, 0.3) is 5.56 Å². The van der Waals surface area contributed by atoms with Gasteiger partial charge in [-0.05, 0) is 5.56 Å². The van der Waals surface area contributed by atoms with Crippen molar-refractivity contribution in [2.75, 3.05) is 0 Å². The van der Waals surface area contributed by atoms with E-state index in [1.165, 1.54) is 6.07 Å². The first-order valence-electron chi connectivity index (χ1n) is 6.42. The third-order valence-corrected chi connectivity index (χ3v) is 2.97. The molecule has 3 nitrogen and oxygen atoms in total.